The number of aromatic nitrogens is 3. The maximum Gasteiger partial charge on any atom is 0.347 e. The van der Waals surface area contributed by atoms with E-state index in [4.69, 9.17) is 5.11 Å². The Bertz CT molecular complexity index is 451. The standard InChI is InChI=1S/C8H8N4O2S/c13-7(14)6-4-10-8(15-6)9-1-5-2-11-12-3-5/h2-4H,1H2,(H,9,10)(H,11,12)(H,13,14). The summed E-state index contributed by atoms with van der Waals surface area (Å²) in [5.41, 5.74) is 0.988. The molecule has 2 aromatic rings. The van der Waals surface area contributed by atoms with Crippen molar-refractivity contribution in [3.8, 4) is 0 Å². The van der Waals surface area contributed by atoms with Crippen LogP contribution in [0.2, 0.25) is 0 Å². The third kappa shape index (κ3) is 2.32. The number of carboxylic acid groups (broad SMARTS) is 1. The van der Waals surface area contributed by atoms with Crippen molar-refractivity contribution in [2.24, 2.45) is 0 Å². The fourth-order valence-corrected chi connectivity index (χ4v) is 1.66. The van der Waals surface area contributed by atoms with Crippen molar-refractivity contribution >= 4 is 22.4 Å². The van der Waals surface area contributed by atoms with Crippen LogP contribution in [-0.4, -0.2) is 26.3 Å². The van der Waals surface area contributed by atoms with E-state index in [-0.39, 0.29) is 4.88 Å². The smallest absolute Gasteiger partial charge is 0.347 e. The predicted molar refractivity (Wildman–Crippen MR) is 55.0 cm³/mol. The number of aromatic amines is 1. The zero-order valence-corrected chi connectivity index (χ0v) is 8.41. The lowest BCUT2D eigenvalue weighted by Crippen LogP contribution is -1.96. The van der Waals surface area contributed by atoms with Crippen molar-refractivity contribution in [3.05, 3.63) is 29.0 Å². The number of carboxylic acids is 1. The van der Waals surface area contributed by atoms with Crippen molar-refractivity contribution in [1.29, 1.82) is 0 Å². The van der Waals surface area contributed by atoms with Crippen LogP contribution in [-0.2, 0) is 6.54 Å². The van der Waals surface area contributed by atoms with Crippen LogP contribution < -0.4 is 5.32 Å². The van der Waals surface area contributed by atoms with Gasteiger partial charge in [-0.1, -0.05) is 11.3 Å². The molecule has 0 aliphatic carbocycles. The number of thiazole rings is 1. The third-order valence-corrected chi connectivity index (χ3v) is 2.66. The molecule has 2 aromatic heterocycles. The van der Waals surface area contributed by atoms with Crippen LogP contribution in [0.1, 0.15) is 15.2 Å². The molecular formula is C8H8N4O2S. The predicted octanol–water partition coefficient (Wildman–Crippen LogP) is 1.18. The second-order valence-electron chi connectivity index (χ2n) is 2.79. The molecule has 0 aliphatic heterocycles. The van der Waals surface area contributed by atoms with Crippen LogP contribution in [0.3, 0.4) is 0 Å². The van der Waals surface area contributed by atoms with E-state index in [1.54, 1.807) is 12.4 Å². The molecule has 6 nitrogen and oxygen atoms in total. The fourth-order valence-electron chi connectivity index (χ4n) is 1.01. The van der Waals surface area contributed by atoms with E-state index >= 15 is 0 Å². The molecule has 7 heteroatoms. The largest absolute Gasteiger partial charge is 0.477 e. The van der Waals surface area contributed by atoms with Crippen LogP contribution in [0.4, 0.5) is 5.13 Å². The van der Waals surface area contributed by atoms with Gasteiger partial charge in [0, 0.05) is 18.3 Å². The summed E-state index contributed by atoms with van der Waals surface area (Å²) in [5, 5.41) is 18.8. The molecule has 0 atom stereocenters. The Morgan fingerprint density at radius 2 is 2.47 bits per heavy atom. The molecule has 0 fully saturated rings. The Morgan fingerprint density at radius 3 is 3.07 bits per heavy atom. The molecule has 0 saturated carbocycles. The summed E-state index contributed by atoms with van der Waals surface area (Å²) in [4.78, 5) is 14.7. The van der Waals surface area contributed by atoms with Gasteiger partial charge < -0.3 is 10.4 Å². The number of aromatic carboxylic acids is 1. The number of hydrogen-bond acceptors (Lipinski definition) is 5. The Morgan fingerprint density at radius 1 is 1.60 bits per heavy atom. The third-order valence-electron chi connectivity index (χ3n) is 1.72. The van der Waals surface area contributed by atoms with Gasteiger partial charge in [-0.05, 0) is 0 Å². The van der Waals surface area contributed by atoms with Crippen molar-refractivity contribution in [2.45, 2.75) is 6.54 Å². The van der Waals surface area contributed by atoms with Crippen LogP contribution in [0.5, 0.6) is 0 Å². The summed E-state index contributed by atoms with van der Waals surface area (Å²) in [6.07, 6.45) is 4.79. The van der Waals surface area contributed by atoms with Gasteiger partial charge in [0.15, 0.2) is 5.13 Å². The van der Waals surface area contributed by atoms with E-state index in [2.05, 4.69) is 20.5 Å². The van der Waals surface area contributed by atoms with Gasteiger partial charge in [0.1, 0.15) is 4.88 Å². The van der Waals surface area contributed by atoms with Crippen molar-refractivity contribution in [2.75, 3.05) is 5.32 Å². The average Bonchev–Trinajstić information content (AvgIpc) is 2.86. The summed E-state index contributed by atoms with van der Waals surface area (Å²) >= 11 is 1.11. The zero-order valence-electron chi connectivity index (χ0n) is 7.60. The van der Waals surface area contributed by atoms with Crippen molar-refractivity contribution in [3.63, 3.8) is 0 Å². The minimum Gasteiger partial charge on any atom is -0.477 e. The quantitative estimate of drug-likeness (QED) is 0.725. The SMILES string of the molecule is O=C(O)c1cnc(NCc2cn[nH]c2)s1. The van der Waals surface area contributed by atoms with E-state index in [0.29, 0.717) is 11.7 Å². The Balaban J connectivity index is 1.96. The highest BCUT2D eigenvalue weighted by molar-refractivity contribution is 7.17. The Kier molecular flexibility index (Phi) is 2.64. The second-order valence-corrected chi connectivity index (χ2v) is 3.83. The molecule has 2 heterocycles. The van der Waals surface area contributed by atoms with Gasteiger partial charge in [-0.3, -0.25) is 5.10 Å². The second kappa shape index (κ2) is 4.09. The van der Waals surface area contributed by atoms with Gasteiger partial charge >= 0.3 is 5.97 Å². The number of carbonyl (C=O) groups is 1. The van der Waals surface area contributed by atoms with Crippen molar-refractivity contribution in [1.82, 2.24) is 15.2 Å². The first-order chi connectivity index (χ1) is 7.25. The molecule has 0 saturated heterocycles. The maximum absolute atomic E-state index is 10.6. The lowest BCUT2D eigenvalue weighted by Gasteiger charge is -1.97. The van der Waals surface area contributed by atoms with Gasteiger partial charge in [0.05, 0.1) is 12.4 Å². The molecule has 0 aromatic carbocycles. The minimum atomic E-state index is -0.955. The first-order valence-electron chi connectivity index (χ1n) is 4.16. The minimum absolute atomic E-state index is 0.227. The summed E-state index contributed by atoms with van der Waals surface area (Å²) in [5.74, 6) is -0.955. The summed E-state index contributed by atoms with van der Waals surface area (Å²) in [6.45, 7) is 0.572. The van der Waals surface area contributed by atoms with Gasteiger partial charge in [-0.2, -0.15) is 5.10 Å². The summed E-state index contributed by atoms with van der Waals surface area (Å²) in [7, 11) is 0. The first-order valence-corrected chi connectivity index (χ1v) is 4.98. The zero-order chi connectivity index (χ0) is 10.7. The summed E-state index contributed by atoms with van der Waals surface area (Å²) < 4.78 is 0. The normalized spacial score (nSPS) is 10.1. The highest BCUT2D eigenvalue weighted by atomic mass is 32.1. The van der Waals surface area contributed by atoms with Crippen molar-refractivity contribution < 1.29 is 9.90 Å². The molecule has 3 N–H and O–H groups in total. The van der Waals surface area contributed by atoms with Gasteiger partial charge in [0.2, 0.25) is 0 Å². The summed E-state index contributed by atoms with van der Waals surface area (Å²) in [6, 6.07) is 0. The highest BCUT2D eigenvalue weighted by Gasteiger charge is 2.07. The van der Waals surface area contributed by atoms with E-state index in [1.165, 1.54) is 6.20 Å². The topological polar surface area (TPSA) is 90.9 Å². The molecule has 0 unspecified atom stereocenters. The lowest BCUT2D eigenvalue weighted by atomic mass is 10.4. The van der Waals surface area contributed by atoms with Crippen LogP contribution in [0.25, 0.3) is 0 Å². The van der Waals surface area contributed by atoms with E-state index in [9.17, 15) is 4.79 Å². The highest BCUT2D eigenvalue weighted by Crippen LogP contribution is 2.18. The van der Waals surface area contributed by atoms with Crippen LogP contribution in [0, 0.1) is 0 Å². The van der Waals surface area contributed by atoms with E-state index in [1.807, 2.05) is 0 Å². The Hall–Kier alpha value is -1.89. The monoisotopic (exact) mass is 224 g/mol. The first kappa shape index (κ1) is 9.66. The maximum atomic E-state index is 10.6. The molecule has 78 valence electrons. The molecule has 0 amide bonds. The van der Waals surface area contributed by atoms with Crippen LogP contribution >= 0.6 is 11.3 Å². The molecule has 0 radical (unpaired) electrons. The number of H-pyrrole nitrogens is 1. The number of nitrogens with zero attached hydrogens (tertiary/aromatic N) is 2. The molecule has 0 bridgehead atoms. The van der Waals surface area contributed by atoms with Crippen LogP contribution in [0.15, 0.2) is 18.6 Å². The van der Waals surface area contributed by atoms with E-state index in [0.717, 1.165) is 16.9 Å². The Labute approximate surface area is 89.0 Å². The molecule has 0 spiro atoms. The fraction of sp³-hybridized carbons (Fsp3) is 0.125. The lowest BCUT2D eigenvalue weighted by molar-refractivity contribution is 0.0702. The number of anilines is 1. The number of nitrogens with one attached hydrogen (secondary N) is 2. The molecular weight excluding hydrogens is 216 g/mol. The molecule has 15 heavy (non-hydrogen) atoms. The number of hydrogen-bond donors (Lipinski definition) is 3. The molecule has 0 aliphatic rings. The van der Waals surface area contributed by atoms with Gasteiger partial charge in [-0.25, -0.2) is 9.78 Å². The van der Waals surface area contributed by atoms with Gasteiger partial charge in [0.25, 0.3) is 0 Å². The van der Waals surface area contributed by atoms with E-state index < -0.39 is 5.97 Å². The van der Waals surface area contributed by atoms with Gasteiger partial charge in [-0.15, -0.1) is 0 Å². The average molecular weight is 224 g/mol. The molecule has 2 rings (SSSR count). The number of rotatable bonds is 4.